The third-order valence-corrected chi connectivity index (χ3v) is 2.99. The van der Waals surface area contributed by atoms with Crippen LogP contribution in [0.1, 0.15) is 34.1 Å². The summed E-state index contributed by atoms with van der Waals surface area (Å²) in [4.78, 5) is 10.9. The van der Waals surface area contributed by atoms with Crippen LogP contribution in [0.4, 0.5) is 0 Å². The second-order valence-corrected chi connectivity index (χ2v) is 6.41. The zero-order valence-electron chi connectivity index (χ0n) is 8.89. The lowest BCUT2D eigenvalue weighted by atomic mass is 10.0. The van der Waals surface area contributed by atoms with Crippen molar-refractivity contribution < 1.29 is 4.79 Å². The number of carbonyl (C=O) groups is 1. The van der Waals surface area contributed by atoms with E-state index >= 15 is 0 Å². The van der Waals surface area contributed by atoms with Crippen molar-refractivity contribution in [2.45, 2.75) is 44.4 Å². The van der Waals surface area contributed by atoms with Crippen molar-refractivity contribution >= 4 is 17.7 Å². The molecule has 1 amide bonds. The van der Waals surface area contributed by atoms with Gasteiger partial charge in [0.1, 0.15) is 0 Å². The molecular formula is C9H20N2OS. The number of primary amides is 1. The molecule has 0 aliphatic rings. The summed E-state index contributed by atoms with van der Waals surface area (Å²) in [6, 6.07) is 0. The van der Waals surface area contributed by atoms with Crippen molar-refractivity contribution in [2.24, 2.45) is 11.5 Å². The first-order valence-electron chi connectivity index (χ1n) is 4.38. The van der Waals surface area contributed by atoms with E-state index < -0.39 is 11.4 Å². The van der Waals surface area contributed by atoms with Crippen LogP contribution < -0.4 is 11.5 Å². The van der Waals surface area contributed by atoms with E-state index in [1.165, 1.54) is 0 Å². The molecule has 0 heterocycles. The molecule has 0 aromatic rings. The zero-order chi connectivity index (χ0) is 10.7. The fraction of sp³-hybridized carbons (Fsp3) is 0.889. The van der Waals surface area contributed by atoms with Crippen molar-refractivity contribution in [3.05, 3.63) is 0 Å². The maximum absolute atomic E-state index is 10.9. The Morgan fingerprint density at radius 2 is 1.77 bits per heavy atom. The van der Waals surface area contributed by atoms with E-state index in [4.69, 9.17) is 11.5 Å². The highest BCUT2D eigenvalue weighted by atomic mass is 32.2. The Balaban J connectivity index is 3.84. The zero-order valence-corrected chi connectivity index (χ0v) is 9.70. The summed E-state index contributed by atoms with van der Waals surface area (Å²) in [6.45, 7) is 8.08. The van der Waals surface area contributed by atoms with Crippen molar-refractivity contribution in [1.82, 2.24) is 0 Å². The van der Waals surface area contributed by atoms with Crippen molar-refractivity contribution in [2.75, 3.05) is 5.75 Å². The van der Waals surface area contributed by atoms with Gasteiger partial charge in [-0.15, -0.1) is 0 Å². The fourth-order valence-corrected chi connectivity index (χ4v) is 1.83. The van der Waals surface area contributed by atoms with Gasteiger partial charge in [0, 0.05) is 4.75 Å². The molecule has 0 saturated carbocycles. The maximum Gasteiger partial charge on any atom is 0.237 e. The van der Waals surface area contributed by atoms with Crippen LogP contribution in [0.2, 0.25) is 0 Å². The molecule has 0 aromatic carbocycles. The Labute approximate surface area is 84.6 Å². The Morgan fingerprint density at radius 1 is 1.31 bits per heavy atom. The van der Waals surface area contributed by atoms with Crippen LogP contribution in [0.25, 0.3) is 0 Å². The highest BCUT2D eigenvalue weighted by Crippen LogP contribution is 2.25. The second-order valence-electron chi connectivity index (χ2n) is 4.49. The average Bonchev–Trinajstić information content (AvgIpc) is 1.82. The van der Waals surface area contributed by atoms with Gasteiger partial charge in [-0.3, -0.25) is 4.79 Å². The minimum absolute atomic E-state index is 0.216. The van der Waals surface area contributed by atoms with E-state index in [2.05, 4.69) is 20.8 Å². The molecular weight excluding hydrogens is 184 g/mol. The highest BCUT2D eigenvalue weighted by Gasteiger charge is 2.25. The summed E-state index contributed by atoms with van der Waals surface area (Å²) in [5, 5.41) is 0. The average molecular weight is 204 g/mol. The third-order valence-electron chi connectivity index (χ3n) is 1.72. The number of rotatable bonds is 4. The molecule has 13 heavy (non-hydrogen) atoms. The lowest BCUT2D eigenvalue weighted by molar-refractivity contribution is -0.122. The summed E-state index contributed by atoms with van der Waals surface area (Å²) >= 11 is 1.79. The second kappa shape index (κ2) is 4.33. The number of thioether (sulfide) groups is 1. The van der Waals surface area contributed by atoms with Crippen LogP contribution in [0, 0.1) is 0 Å². The van der Waals surface area contributed by atoms with Crippen molar-refractivity contribution in [3.8, 4) is 0 Å². The third kappa shape index (κ3) is 5.93. The Kier molecular flexibility index (Phi) is 4.26. The van der Waals surface area contributed by atoms with Crippen LogP contribution in [-0.4, -0.2) is 21.9 Å². The maximum atomic E-state index is 10.9. The molecule has 0 radical (unpaired) electrons. The molecule has 78 valence electrons. The fourth-order valence-electron chi connectivity index (χ4n) is 0.692. The molecule has 0 bridgehead atoms. The van der Waals surface area contributed by atoms with Crippen LogP contribution >= 0.6 is 11.8 Å². The van der Waals surface area contributed by atoms with Crippen LogP contribution in [0.5, 0.6) is 0 Å². The van der Waals surface area contributed by atoms with E-state index in [1.54, 1.807) is 18.7 Å². The number of hydrogen-bond acceptors (Lipinski definition) is 3. The van der Waals surface area contributed by atoms with Gasteiger partial charge in [-0.25, -0.2) is 0 Å². The predicted molar refractivity (Wildman–Crippen MR) is 58.6 cm³/mol. The van der Waals surface area contributed by atoms with Gasteiger partial charge in [-0.1, -0.05) is 20.8 Å². The molecule has 0 spiro atoms. The highest BCUT2D eigenvalue weighted by molar-refractivity contribution is 8.00. The largest absolute Gasteiger partial charge is 0.368 e. The predicted octanol–water partition coefficient (Wildman–Crippen LogP) is 1.11. The van der Waals surface area contributed by atoms with Crippen molar-refractivity contribution in [1.29, 1.82) is 0 Å². The lowest BCUT2D eigenvalue weighted by Gasteiger charge is -2.23. The lowest BCUT2D eigenvalue weighted by Crippen LogP contribution is -2.49. The van der Waals surface area contributed by atoms with E-state index in [1.807, 2.05) is 0 Å². The van der Waals surface area contributed by atoms with Gasteiger partial charge >= 0.3 is 0 Å². The van der Waals surface area contributed by atoms with E-state index in [9.17, 15) is 4.79 Å². The molecule has 0 saturated heterocycles. The van der Waals surface area contributed by atoms with Gasteiger partial charge in [-0.05, 0) is 19.1 Å². The Hall–Kier alpha value is -0.220. The minimum Gasteiger partial charge on any atom is -0.368 e. The summed E-state index contributed by atoms with van der Waals surface area (Å²) < 4.78 is 0.216. The van der Waals surface area contributed by atoms with Crippen LogP contribution in [0.15, 0.2) is 0 Å². The molecule has 1 atom stereocenters. The van der Waals surface area contributed by atoms with E-state index in [0.29, 0.717) is 6.42 Å². The molecule has 4 N–H and O–H groups in total. The first-order chi connectivity index (χ1) is 5.65. The standard InChI is InChI=1S/C9H20N2OS/c1-8(2,3)13-6-5-9(4,11)7(10)12/h5-6,11H2,1-4H3,(H2,10,12). The van der Waals surface area contributed by atoms with Crippen LogP contribution in [-0.2, 0) is 4.79 Å². The molecule has 0 rings (SSSR count). The number of nitrogens with two attached hydrogens (primary N) is 2. The Morgan fingerprint density at radius 3 is 2.08 bits per heavy atom. The summed E-state index contributed by atoms with van der Waals surface area (Å²) in [5.74, 6) is 0.432. The van der Waals surface area contributed by atoms with Gasteiger partial charge in [0.15, 0.2) is 0 Å². The molecule has 0 aliphatic heterocycles. The quantitative estimate of drug-likeness (QED) is 0.720. The number of hydrogen-bond donors (Lipinski definition) is 2. The van der Waals surface area contributed by atoms with Gasteiger partial charge in [0.2, 0.25) is 5.91 Å². The molecule has 0 aliphatic carbocycles. The summed E-state index contributed by atoms with van der Waals surface area (Å²) in [5.41, 5.74) is 9.99. The molecule has 3 nitrogen and oxygen atoms in total. The van der Waals surface area contributed by atoms with Gasteiger partial charge in [0.25, 0.3) is 0 Å². The molecule has 0 fully saturated rings. The van der Waals surface area contributed by atoms with Crippen molar-refractivity contribution in [3.63, 3.8) is 0 Å². The Bertz CT molecular complexity index is 185. The number of carbonyl (C=O) groups excluding carboxylic acids is 1. The monoisotopic (exact) mass is 204 g/mol. The first-order valence-corrected chi connectivity index (χ1v) is 5.36. The minimum atomic E-state index is -0.863. The normalized spacial score (nSPS) is 16.7. The summed E-state index contributed by atoms with van der Waals surface area (Å²) in [7, 11) is 0. The summed E-state index contributed by atoms with van der Waals surface area (Å²) in [6.07, 6.45) is 0.629. The SMILES string of the molecule is CC(C)(C)SCCC(C)(N)C(N)=O. The smallest absolute Gasteiger partial charge is 0.237 e. The van der Waals surface area contributed by atoms with Crippen LogP contribution in [0.3, 0.4) is 0 Å². The molecule has 4 heteroatoms. The number of amides is 1. The van der Waals surface area contributed by atoms with E-state index in [-0.39, 0.29) is 4.75 Å². The topological polar surface area (TPSA) is 69.1 Å². The first kappa shape index (κ1) is 12.8. The molecule has 0 aromatic heterocycles. The molecule has 1 unspecified atom stereocenters. The van der Waals surface area contributed by atoms with E-state index in [0.717, 1.165) is 5.75 Å². The van der Waals surface area contributed by atoms with Gasteiger partial charge in [-0.2, -0.15) is 11.8 Å². The van der Waals surface area contributed by atoms with Gasteiger partial charge < -0.3 is 11.5 Å². The van der Waals surface area contributed by atoms with Gasteiger partial charge in [0.05, 0.1) is 5.54 Å².